The second-order valence-electron chi connectivity index (χ2n) is 5.24. The van der Waals surface area contributed by atoms with Crippen molar-refractivity contribution < 1.29 is 0 Å². The molecule has 0 aromatic heterocycles. The zero-order chi connectivity index (χ0) is 10.1. The number of likely N-dealkylation sites (tertiary alicyclic amines) is 1. The van der Waals surface area contributed by atoms with E-state index >= 15 is 0 Å². The summed E-state index contributed by atoms with van der Waals surface area (Å²) in [7, 11) is 4.49. The van der Waals surface area contributed by atoms with Gasteiger partial charge in [0.1, 0.15) is 0 Å². The predicted molar refractivity (Wildman–Crippen MR) is 59.2 cm³/mol. The summed E-state index contributed by atoms with van der Waals surface area (Å²) in [6.07, 6.45) is 3.82. The highest BCUT2D eigenvalue weighted by Crippen LogP contribution is 2.27. The van der Waals surface area contributed by atoms with E-state index in [2.05, 4.69) is 23.9 Å². The summed E-state index contributed by atoms with van der Waals surface area (Å²) in [4.78, 5) is 4.97. The maximum Gasteiger partial charge on any atom is 0.0232 e. The molecule has 0 bridgehead atoms. The highest BCUT2D eigenvalue weighted by molar-refractivity contribution is 4.87. The molecule has 1 aliphatic carbocycles. The molecule has 1 saturated carbocycles. The topological polar surface area (TPSA) is 32.5 Å². The first-order chi connectivity index (χ1) is 6.65. The number of nitrogens with two attached hydrogens (primary N) is 1. The van der Waals surface area contributed by atoms with Crippen LogP contribution in [0.4, 0.5) is 0 Å². The lowest BCUT2D eigenvalue weighted by Gasteiger charge is -2.37. The van der Waals surface area contributed by atoms with Crippen molar-refractivity contribution in [2.75, 3.05) is 33.7 Å². The fourth-order valence-corrected chi connectivity index (χ4v) is 2.76. The fraction of sp³-hybridized carbons (Fsp3) is 1.00. The Balaban J connectivity index is 1.70. The molecule has 0 aromatic rings. The molecule has 1 unspecified atom stereocenters. The standard InChI is InChI=1S/C11H23N3/c1-13-4-3-11(8-13)14(2)7-9-5-10(12)6-9/h9-11H,3-8,12H2,1-2H3. The van der Waals surface area contributed by atoms with E-state index in [9.17, 15) is 0 Å². The molecule has 2 aliphatic rings. The van der Waals surface area contributed by atoms with Crippen molar-refractivity contribution >= 4 is 0 Å². The van der Waals surface area contributed by atoms with Gasteiger partial charge in [0.15, 0.2) is 0 Å². The third-order valence-electron chi connectivity index (χ3n) is 3.81. The molecule has 0 spiro atoms. The number of nitrogens with zero attached hydrogens (tertiary/aromatic N) is 2. The van der Waals surface area contributed by atoms with E-state index in [4.69, 9.17) is 5.73 Å². The molecule has 3 nitrogen and oxygen atoms in total. The molecule has 14 heavy (non-hydrogen) atoms. The van der Waals surface area contributed by atoms with Crippen LogP contribution in [0.15, 0.2) is 0 Å². The van der Waals surface area contributed by atoms with E-state index in [1.54, 1.807) is 0 Å². The normalized spacial score (nSPS) is 39.0. The van der Waals surface area contributed by atoms with Crippen molar-refractivity contribution in [1.29, 1.82) is 0 Å². The Labute approximate surface area is 87.2 Å². The van der Waals surface area contributed by atoms with Gasteiger partial charge in [0.25, 0.3) is 0 Å². The van der Waals surface area contributed by atoms with Crippen molar-refractivity contribution in [1.82, 2.24) is 9.80 Å². The highest BCUT2D eigenvalue weighted by atomic mass is 15.2. The first-order valence-corrected chi connectivity index (χ1v) is 5.79. The molecule has 1 aliphatic heterocycles. The lowest BCUT2D eigenvalue weighted by molar-refractivity contribution is 0.148. The molecular formula is C11H23N3. The van der Waals surface area contributed by atoms with Crippen LogP contribution in [-0.4, -0.2) is 55.6 Å². The van der Waals surface area contributed by atoms with Crippen LogP contribution in [0.1, 0.15) is 19.3 Å². The van der Waals surface area contributed by atoms with Gasteiger partial charge in [0.05, 0.1) is 0 Å². The minimum atomic E-state index is 0.500. The van der Waals surface area contributed by atoms with Gasteiger partial charge in [0, 0.05) is 25.2 Å². The van der Waals surface area contributed by atoms with Crippen LogP contribution in [0.25, 0.3) is 0 Å². The lowest BCUT2D eigenvalue weighted by atomic mass is 9.80. The third-order valence-corrected chi connectivity index (χ3v) is 3.81. The zero-order valence-corrected chi connectivity index (χ0v) is 9.45. The second-order valence-corrected chi connectivity index (χ2v) is 5.24. The summed E-state index contributed by atoms with van der Waals surface area (Å²) in [6, 6.07) is 1.29. The Bertz CT molecular complexity index is 189. The summed E-state index contributed by atoms with van der Waals surface area (Å²) in [5, 5.41) is 0. The van der Waals surface area contributed by atoms with Gasteiger partial charge in [-0.3, -0.25) is 0 Å². The predicted octanol–water partition coefficient (Wildman–Crippen LogP) is 0.360. The van der Waals surface area contributed by atoms with E-state index in [0.29, 0.717) is 6.04 Å². The summed E-state index contributed by atoms with van der Waals surface area (Å²) < 4.78 is 0. The summed E-state index contributed by atoms with van der Waals surface area (Å²) in [5.41, 5.74) is 5.79. The van der Waals surface area contributed by atoms with Crippen LogP contribution in [0.5, 0.6) is 0 Å². The molecule has 0 amide bonds. The molecule has 2 rings (SSSR count). The number of likely N-dealkylation sites (N-methyl/N-ethyl adjacent to an activating group) is 2. The van der Waals surface area contributed by atoms with Gasteiger partial charge in [0.2, 0.25) is 0 Å². The Morgan fingerprint density at radius 2 is 2.14 bits per heavy atom. The lowest BCUT2D eigenvalue weighted by Crippen LogP contribution is -2.45. The van der Waals surface area contributed by atoms with Crippen LogP contribution >= 0.6 is 0 Å². The number of rotatable bonds is 3. The largest absolute Gasteiger partial charge is 0.328 e. The molecule has 0 aromatic carbocycles. The molecule has 2 fully saturated rings. The van der Waals surface area contributed by atoms with Gasteiger partial charge in [-0.05, 0) is 45.8 Å². The Morgan fingerprint density at radius 3 is 2.64 bits per heavy atom. The van der Waals surface area contributed by atoms with Gasteiger partial charge >= 0.3 is 0 Å². The molecule has 1 atom stereocenters. The van der Waals surface area contributed by atoms with Crippen molar-refractivity contribution in [3.05, 3.63) is 0 Å². The van der Waals surface area contributed by atoms with Gasteiger partial charge < -0.3 is 15.5 Å². The maximum absolute atomic E-state index is 5.79. The quantitative estimate of drug-likeness (QED) is 0.709. The maximum atomic E-state index is 5.79. The van der Waals surface area contributed by atoms with Crippen LogP contribution in [0.3, 0.4) is 0 Å². The van der Waals surface area contributed by atoms with Crippen molar-refractivity contribution in [2.45, 2.75) is 31.3 Å². The monoisotopic (exact) mass is 197 g/mol. The van der Waals surface area contributed by atoms with Crippen LogP contribution in [-0.2, 0) is 0 Å². The Hall–Kier alpha value is -0.120. The number of hydrogen-bond donors (Lipinski definition) is 1. The van der Waals surface area contributed by atoms with Crippen molar-refractivity contribution in [2.24, 2.45) is 11.7 Å². The van der Waals surface area contributed by atoms with E-state index in [0.717, 1.165) is 12.0 Å². The van der Waals surface area contributed by atoms with Gasteiger partial charge in [-0.1, -0.05) is 0 Å². The van der Waals surface area contributed by atoms with Crippen LogP contribution in [0, 0.1) is 5.92 Å². The molecule has 0 radical (unpaired) electrons. The smallest absolute Gasteiger partial charge is 0.0232 e. The average Bonchev–Trinajstić information content (AvgIpc) is 2.49. The van der Waals surface area contributed by atoms with Gasteiger partial charge in [-0.15, -0.1) is 0 Å². The first kappa shape index (κ1) is 10.4. The first-order valence-electron chi connectivity index (χ1n) is 5.79. The third kappa shape index (κ3) is 2.27. The summed E-state index contributed by atoms with van der Waals surface area (Å²) in [6.45, 7) is 3.76. The van der Waals surface area contributed by atoms with Crippen molar-refractivity contribution in [3.8, 4) is 0 Å². The molecule has 82 valence electrons. The fourth-order valence-electron chi connectivity index (χ4n) is 2.76. The molecule has 3 heteroatoms. The Morgan fingerprint density at radius 1 is 1.43 bits per heavy atom. The number of hydrogen-bond acceptors (Lipinski definition) is 3. The van der Waals surface area contributed by atoms with E-state index in [-0.39, 0.29) is 0 Å². The van der Waals surface area contributed by atoms with Crippen LogP contribution in [0.2, 0.25) is 0 Å². The minimum absolute atomic E-state index is 0.500. The average molecular weight is 197 g/mol. The summed E-state index contributed by atoms with van der Waals surface area (Å²) in [5.74, 6) is 0.876. The van der Waals surface area contributed by atoms with Crippen molar-refractivity contribution in [3.63, 3.8) is 0 Å². The highest BCUT2D eigenvalue weighted by Gasteiger charge is 2.30. The van der Waals surface area contributed by atoms with Gasteiger partial charge in [-0.2, -0.15) is 0 Å². The molecular weight excluding hydrogens is 174 g/mol. The molecule has 2 N–H and O–H groups in total. The SMILES string of the molecule is CN1CCC(N(C)CC2CC(N)C2)C1. The molecule has 1 heterocycles. The van der Waals surface area contributed by atoms with E-state index < -0.39 is 0 Å². The van der Waals surface area contributed by atoms with Gasteiger partial charge in [-0.25, -0.2) is 0 Å². The van der Waals surface area contributed by atoms with Crippen LogP contribution < -0.4 is 5.73 Å². The van der Waals surface area contributed by atoms with E-state index in [1.807, 2.05) is 0 Å². The minimum Gasteiger partial charge on any atom is -0.328 e. The molecule has 1 saturated heterocycles. The second kappa shape index (κ2) is 4.17. The summed E-state index contributed by atoms with van der Waals surface area (Å²) >= 11 is 0. The Kier molecular flexibility index (Phi) is 3.10. The van der Waals surface area contributed by atoms with E-state index in [1.165, 1.54) is 38.9 Å². The zero-order valence-electron chi connectivity index (χ0n) is 9.45.